The van der Waals surface area contributed by atoms with E-state index < -0.39 is 0 Å². The van der Waals surface area contributed by atoms with E-state index in [0.717, 1.165) is 30.9 Å². The Kier molecular flexibility index (Phi) is 4.39. The highest BCUT2D eigenvalue weighted by Crippen LogP contribution is 2.14. The van der Waals surface area contributed by atoms with Gasteiger partial charge in [0, 0.05) is 32.7 Å². The van der Waals surface area contributed by atoms with Crippen molar-refractivity contribution < 1.29 is 9.53 Å². The molecule has 1 aromatic rings. The van der Waals surface area contributed by atoms with Crippen molar-refractivity contribution in [3.8, 4) is 5.75 Å². The normalized spacial score (nSPS) is 14.3. The van der Waals surface area contributed by atoms with Gasteiger partial charge in [0.25, 0.3) is 5.91 Å². The summed E-state index contributed by atoms with van der Waals surface area (Å²) >= 11 is 0. The number of amides is 1. The van der Waals surface area contributed by atoms with Crippen molar-refractivity contribution in [2.24, 2.45) is 4.99 Å². The van der Waals surface area contributed by atoms with Gasteiger partial charge in [-0.3, -0.25) is 9.79 Å². The second-order valence-corrected chi connectivity index (χ2v) is 4.62. The molecule has 0 spiro atoms. The van der Waals surface area contributed by atoms with Gasteiger partial charge < -0.3 is 15.0 Å². The van der Waals surface area contributed by atoms with Crippen LogP contribution in [-0.2, 0) is 4.79 Å². The molecule has 5 heteroatoms. The van der Waals surface area contributed by atoms with Gasteiger partial charge in [0.05, 0.1) is 0 Å². The van der Waals surface area contributed by atoms with Crippen LogP contribution in [0.4, 0.5) is 0 Å². The minimum Gasteiger partial charge on any atom is -0.484 e. The Morgan fingerprint density at radius 2 is 2.32 bits per heavy atom. The Bertz CT molecular complexity index is 483. The van der Waals surface area contributed by atoms with E-state index in [2.05, 4.69) is 10.3 Å². The average molecular weight is 261 g/mol. The van der Waals surface area contributed by atoms with Gasteiger partial charge >= 0.3 is 0 Å². The van der Waals surface area contributed by atoms with E-state index in [1.54, 1.807) is 14.1 Å². The molecule has 19 heavy (non-hydrogen) atoms. The molecule has 2 rings (SSSR count). The number of aliphatic imine (C=N–C) groups is 1. The van der Waals surface area contributed by atoms with Crippen molar-refractivity contribution in [2.75, 3.05) is 33.8 Å². The lowest BCUT2D eigenvalue weighted by atomic mass is 10.1. The molecule has 0 fully saturated rings. The first kappa shape index (κ1) is 13.4. The van der Waals surface area contributed by atoms with E-state index in [9.17, 15) is 4.79 Å². The first-order chi connectivity index (χ1) is 9.16. The Morgan fingerprint density at radius 3 is 3.00 bits per heavy atom. The predicted molar refractivity (Wildman–Crippen MR) is 74.7 cm³/mol. The quantitative estimate of drug-likeness (QED) is 0.876. The summed E-state index contributed by atoms with van der Waals surface area (Å²) in [5, 5.41) is 3.26. The fourth-order valence-electron chi connectivity index (χ4n) is 1.73. The highest BCUT2D eigenvalue weighted by atomic mass is 16.5. The van der Waals surface area contributed by atoms with Gasteiger partial charge in [-0.15, -0.1) is 0 Å². The molecule has 1 aliphatic rings. The lowest BCUT2D eigenvalue weighted by Gasteiger charge is -2.16. The minimum atomic E-state index is -0.0569. The predicted octanol–water partition coefficient (Wildman–Crippen LogP) is 0.893. The van der Waals surface area contributed by atoms with Crippen molar-refractivity contribution in [1.29, 1.82) is 0 Å². The van der Waals surface area contributed by atoms with Crippen molar-refractivity contribution >= 4 is 11.7 Å². The molecule has 0 radical (unpaired) electrons. The summed E-state index contributed by atoms with van der Waals surface area (Å²) in [6.45, 7) is 1.85. The lowest BCUT2D eigenvalue weighted by molar-refractivity contribution is -0.130. The lowest BCUT2D eigenvalue weighted by Crippen LogP contribution is -2.30. The minimum absolute atomic E-state index is 0.0519. The molecule has 0 atom stereocenters. The zero-order valence-corrected chi connectivity index (χ0v) is 11.3. The third-order valence-corrected chi connectivity index (χ3v) is 2.87. The molecule has 1 N–H and O–H groups in total. The molecular weight excluding hydrogens is 242 g/mol. The molecular formula is C14H19N3O2. The molecule has 0 aliphatic carbocycles. The molecule has 0 aromatic heterocycles. The first-order valence-corrected chi connectivity index (χ1v) is 6.38. The fourth-order valence-corrected chi connectivity index (χ4v) is 1.73. The van der Waals surface area contributed by atoms with Crippen LogP contribution in [0.5, 0.6) is 5.75 Å². The van der Waals surface area contributed by atoms with Gasteiger partial charge in [0.2, 0.25) is 0 Å². The van der Waals surface area contributed by atoms with Gasteiger partial charge in [0.1, 0.15) is 11.6 Å². The van der Waals surface area contributed by atoms with Gasteiger partial charge in [-0.05, 0) is 18.6 Å². The summed E-state index contributed by atoms with van der Waals surface area (Å²) in [7, 11) is 3.42. The van der Waals surface area contributed by atoms with Crippen LogP contribution in [-0.4, -0.2) is 50.4 Å². The number of rotatable bonds is 4. The average Bonchev–Trinajstić information content (AvgIpc) is 2.46. The van der Waals surface area contributed by atoms with Crippen LogP contribution in [0.15, 0.2) is 29.3 Å². The Balaban J connectivity index is 2.03. The number of benzene rings is 1. The largest absolute Gasteiger partial charge is 0.484 e. The monoisotopic (exact) mass is 261 g/mol. The molecule has 5 nitrogen and oxygen atoms in total. The Morgan fingerprint density at radius 1 is 1.47 bits per heavy atom. The van der Waals surface area contributed by atoms with E-state index in [0.29, 0.717) is 5.75 Å². The van der Waals surface area contributed by atoms with Crippen LogP contribution in [0, 0.1) is 0 Å². The topological polar surface area (TPSA) is 53.9 Å². The number of nitrogens with zero attached hydrogens (tertiary/aromatic N) is 2. The number of carbonyl (C=O) groups excluding carboxylic acids is 1. The third-order valence-electron chi connectivity index (χ3n) is 2.87. The van der Waals surface area contributed by atoms with E-state index in [4.69, 9.17) is 4.74 Å². The number of amidine groups is 1. The van der Waals surface area contributed by atoms with Crippen molar-refractivity contribution in [2.45, 2.75) is 6.42 Å². The van der Waals surface area contributed by atoms with Crippen LogP contribution in [0.1, 0.15) is 12.0 Å². The molecule has 0 bridgehead atoms. The standard InChI is InChI=1S/C14H19N3O2/c1-17(2)13(18)10-19-12-6-3-5-11(9-12)14-15-7-4-8-16-14/h3,5-6,9H,4,7-8,10H2,1-2H3,(H,15,16). The zero-order chi connectivity index (χ0) is 13.7. The first-order valence-electron chi connectivity index (χ1n) is 6.38. The van der Waals surface area contributed by atoms with Crippen molar-refractivity contribution in [3.63, 3.8) is 0 Å². The van der Waals surface area contributed by atoms with Crippen LogP contribution in [0.25, 0.3) is 0 Å². The molecule has 1 aromatic carbocycles. The Labute approximate surface area is 113 Å². The summed E-state index contributed by atoms with van der Waals surface area (Å²) in [6.07, 6.45) is 1.07. The highest BCUT2D eigenvalue weighted by Gasteiger charge is 2.09. The molecule has 0 saturated heterocycles. The number of carbonyl (C=O) groups is 1. The number of nitrogens with one attached hydrogen (secondary N) is 1. The summed E-state index contributed by atoms with van der Waals surface area (Å²) in [5.41, 5.74) is 0.995. The van der Waals surface area contributed by atoms with Crippen molar-refractivity contribution in [1.82, 2.24) is 10.2 Å². The van der Waals surface area contributed by atoms with Crippen LogP contribution in [0.2, 0.25) is 0 Å². The second kappa shape index (κ2) is 6.22. The maximum Gasteiger partial charge on any atom is 0.259 e. The van der Waals surface area contributed by atoms with Gasteiger partial charge in [-0.1, -0.05) is 12.1 Å². The van der Waals surface area contributed by atoms with Gasteiger partial charge in [-0.2, -0.15) is 0 Å². The molecule has 1 aliphatic heterocycles. The van der Waals surface area contributed by atoms with E-state index in [1.807, 2.05) is 24.3 Å². The molecule has 0 unspecified atom stereocenters. The van der Waals surface area contributed by atoms with Crippen molar-refractivity contribution in [3.05, 3.63) is 29.8 Å². The van der Waals surface area contributed by atoms with E-state index in [-0.39, 0.29) is 12.5 Å². The molecule has 1 heterocycles. The molecule has 1 amide bonds. The number of likely N-dealkylation sites (N-methyl/N-ethyl adjacent to an activating group) is 1. The number of hydrogen-bond acceptors (Lipinski definition) is 4. The van der Waals surface area contributed by atoms with E-state index >= 15 is 0 Å². The Hall–Kier alpha value is -2.04. The summed E-state index contributed by atoms with van der Waals surface area (Å²) < 4.78 is 5.49. The summed E-state index contributed by atoms with van der Waals surface area (Å²) in [5.74, 6) is 1.52. The van der Waals surface area contributed by atoms with Gasteiger partial charge in [-0.25, -0.2) is 0 Å². The maximum absolute atomic E-state index is 11.5. The third kappa shape index (κ3) is 3.71. The second-order valence-electron chi connectivity index (χ2n) is 4.62. The van der Waals surface area contributed by atoms with Crippen LogP contribution >= 0.6 is 0 Å². The van der Waals surface area contributed by atoms with E-state index in [1.165, 1.54) is 4.90 Å². The molecule has 102 valence electrons. The SMILES string of the molecule is CN(C)C(=O)COc1cccc(C2=NCCCN2)c1. The number of hydrogen-bond donors (Lipinski definition) is 1. The fraction of sp³-hybridized carbons (Fsp3) is 0.429. The number of ether oxygens (including phenoxy) is 1. The summed E-state index contributed by atoms with van der Waals surface area (Å²) in [6, 6.07) is 7.64. The van der Waals surface area contributed by atoms with Crippen LogP contribution in [0.3, 0.4) is 0 Å². The summed E-state index contributed by atoms with van der Waals surface area (Å²) in [4.78, 5) is 17.4. The zero-order valence-electron chi connectivity index (χ0n) is 11.3. The molecule has 0 saturated carbocycles. The van der Waals surface area contributed by atoms with Crippen LogP contribution < -0.4 is 10.1 Å². The smallest absolute Gasteiger partial charge is 0.259 e. The highest BCUT2D eigenvalue weighted by molar-refractivity contribution is 5.99. The maximum atomic E-state index is 11.5. The van der Waals surface area contributed by atoms with Gasteiger partial charge in [0.15, 0.2) is 6.61 Å².